The molecule has 0 aliphatic carbocycles. The maximum atomic E-state index is 14.7. The Bertz CT molecular complexity index is 803. The first-order valence-corrected chi connectivity index (χ1v) is 11.8. The van der Waals surface area contributed by atoms with Crippen molar-refractivity contribution >= 4 is 5.97 Å². The molecule has 1 atom stereocenters. The van der Waals surface area contributed by atoms with Crippen molar-refractivity contribution in [3.63, 3.8) is 0 Å². The molecule has 1 unspecified atom stereocenters. The summed E-state index contributed by atoms with van der Waals surface area (Å²) in [5.74, 6) is -0.681. The molecule has 0 bridgehead atoms. The maximum absolute atomic E-state index is 14.7. The number of carboxylic acids is 1. The topological polar surface area (TPSA) is 46.5 Å². The minimum Gasteiger partial charge on any atom is -0.491 e. The lowest BCUT2D eigenvalue weighted by atomic mass is 9.84. The molecule has 3 nitrogen and oxygen atoms in total. The van der Waals surface area contributed by atoms with Crippen LogP contribution in [0.2, 0.25) is 0 Å². The molecule has 0 saturated heterocycles. The van der Waals surface area contributed by atoms with Gasteiger partial charge in [0.15, 0.2) is 11.6 Å². The lowest BCUT2D eigenvalue weighted by Crippen LogP contribution is -2.05. The molecule has 4 heteroatoms. The number of carbonyl (C=O) groups is 1. The molecule has 0 heterocycles. The number of ether oxygens (including phenoxy) is 1. The van der Waals surface area contributed by atoms with Crippen LogP contribution in [-0.4, -0.2) is 17.7 Å². The van der Waals surface area contributed by atoms with Gasteiger partial charge >= 0.3 is 5.97 Å². The van der Waals surface area contributed by atoms with Gasteiger partial charge in [-0.1, -0.05) is 82.7 Å². The Labute approximate surface area is 186 Å². The van der Waals surface area contributed by atoms with Gasteiger partial charge in [-0.25, -0.2) is 4.39 Å². The Morgan fingerprint density at radius 2 is 1.71 bits per heavy atom. The van der Waals surface area contributed by atoms with Crippen molar-refractivity contribution in [3.8, 4) is 16.9 Å². The van der Waals surface area contributed by atoms with Crippen LogP contribution < -0.4 is 4.74 Å². The Morgan fingerprint density at radius 1 is 0.968 bits per heavy atom. The molecule has 0 amide bonds. The first kappa shape index (κ1) is 24.9. The van der Waals surface area contributed by atoms with E-state index in [1.807, 2.05) is 24.3 Å². The molecule has 0 aliphatic heterocycles. The average molecular weight is 429 g/mol. The van der Waals surface area contributed by atoms with E-state index in [1.54, 1.807) is 12.1 Å². The van der Waals surface area contributed by atoms with Crippen molar-refractivity contribution in [2.75, 3.05) is 6.61 Å². The number of carboxylic acid groups (broad SMARTS) is 1. The second kappa shape index (κ2) is 13.8. The predicted octanol–water partition coefficient (Wildman–Crippen LogP) is 7.98. The summed E-state index contributed by atoms with van der Waals surface area (Å²) < 4.78 is 20.4. The van der Waals surface area contributed by atoms with Gasteiger partial charge < -0.3 is 9.84 Å². The largest absolute Gasteiger partial charge is 0.491 e. The van der Waals surface area contributed by atoms with Gasteiger partial charge in [-0.05, 0) is 54.0 Å². The molecular formula is C27H37FO3. The molecule has 0 fully saturated rings. The van der Waals surface area contributed by atoms with Gasteiger partial charge in [0.05, 0.1) is 6.61 Å². The molecule has 0 saturated carbocycles. The van der Waals surface area contributed by atoms with E-state index in [1.165, 1.54) is 6.42 Å². The maximum Gasteiger partial charge on any atom is 0.303 e. The van der Waals surface area contributed by atoms with Crippen LogP contribution in [0.5, 0.6) is 5.75 Å². The summed E-state index contributed by atoms with van der Waals surface area (Å²) >= 11 is 0. The molecule has 31 heavy (non-hydrogen) atoms. The summed E-state index contributed by atoms with van der Waals surface area (Å²) in [6.45, 7) is 4.85. The molecular weight excluding hydrogens is 391 g/mol. The smallest absolute Gasteiger partial charge is 0.303 e. The van der Waals surface area contributed by atoms with Crippen molar-refractivity contribution in [2.24, 2.45) is 0 Å². The number of hydrogen-bond donors (Lipinski definition) is 1. The van der Waals surface area contributed by atoms with Crippen LogP contribution in [0, 0.1) is 5.82 Å². The number of benzene rings is 2. The summed E-state index contributed by atoms with van der Waals surface area (Å²) in [4.78, 5) is 11.2. The molecule has 1 N–H and O–H groups in total. The third-order valence-electron chi connectivity index (χ3n) is 5.76. The van der Waals surface area contributed by atoms with E-state index in [0.717, 1.165) is 61.6 Å². The Balaban J connectivity index is 2.19. The summed E-state index contributed by atoms with van der Waals surface area (Å²) in [7, 11) is 0. The first-order chi connectivity index (χ1) is 15.1. The summed E-state index contributed by atoms with van der Waals surface area (Å²) in [6.07, 6.45) is 9.36. The lowest BCUT2D eigenvalue weighted by molar-refractivity contribution is -0.137. The van der Waals surface area contributed by atoms with Crippen LogP contribution in [0.1, 0.15) is 89.5 Å². The fourth-order valence-electron chi connectivity index (χ4n) is 4.01. The first-order valence-electron chi connectivity index (χ1n) is 11.8. The fraction of sp³-hybridized carbons (Fsp3) is 0.519. The number of rotatable bonds is 15. The van der Waals surface area contributed by atoms with Crippen LogP contribution in [0.15, 0.2) is 42.5 Å². The van der Waals surface area contributed by atoms with Gasteiger partial charge in [0.2, 0.25) is 0 Å². The van der Waals surface area contributed by atoms with E-state index in [2.05, 4.69) is 19.9 Å². The zero-order valence-corrected chi connectivity index (χ0v) is 19.0. The Hall–Kier alpha value is -2.36. The quantitative estimate of drug-likeness (QED) is 0.292. The minimum atomic E-state index is -0.774. The van der Waals surface area contributed by atoms with E-state index in [-0.39, 0.29) is 18.2 Å². The van der Waals surface area contributed by atoms with Crippen LogP contribution in [0.4, 0.5) is 4.39 Å². The second-order valence-electron chi connectivity index (χ2n) is 8.27. The number of hydrogen-bond acceptors (Lipinski definition) is 2. The molecule has 2 aromatic rings. The van der Waals surface area contributed by atoms with Crippen molar-refractivity contribution in [1.29, 1.82) is 0 Å². The van der Waals surface area contributed by atoms with Crippen LogP contribution in [0.25, 0.3) is 11.1 Å². The number of halogens is 1. The number of unbranched alkanes of at least 4 members (excludes halogenated alkanes) is 5. The zero-order valence-electron chi connectivity index (χ0n) is 19.0. The lowest BCUT2D eigenvalue weighted by Gasteiger charge is -2.21. The van der Waals surface area contributed by atoms with Gasteiger partial charge in [-0.2, -0.15) is 0 Å². The monoisotopic (exact) mass is 428 g/mol. The summed E-state index contributed by atoms with van der Waals surface area (Å²) in [5, 5.41) is 9.19. The van der Waals surface area contributed by atoms with Gasteiger partial charge in [-0.3, -0.25) is 4.79 Å². The minimum absolute atomic E-state index is 0.143. The van der Waals surface area contributed by atoms with Gasteiger partial charge in [-0.15, -0.1) is 0 Å². The van der Waals surface area contributed by atoms with Gasteiger partial charge in [0.25, 0.3) is 0 Å². The van der Waals surface area contributed by atoms with Crippen molar-refractivity contribution < 1.29 is 19.0 Å². The third kappa shape index (κ3) is 8.35. The van der Waals surface area contributed by atoms with Crippen LogP contribution >= 0.6 is 0 Å². The molecule has 0 aliphatic rings. The highest BCUT2D eigenvalue weighted by atomic mass is 19.1. The summed E-state index contributed by atoms with van der Waals surface area (Å²) in [6, 6.07) is 13.2. The number of aliphatic carboxylic acids is 1. The van der Waals surface area contributed by atoms with Crippen LogP contribution in [-0.2, 0) is 4.79 Å². The van der Waals surface area contributed by atoms with E-state index >= 15 is 0 Å². The van der Waals surface area contributed by atoms with Crippen molar-refractivity contribution in [1.82, 2.24) is 0 Å². The van der Waals surface area contributed by atoms with E-state index in [4.69, 9.17) is 4.74 Å². The Morgan fingerprint density at radius 3 is 2.42 bits per heavy atom. The standard InChI is InChI=1S/C27H37FO3/c1-3-5-7-11-19-31-26-17-15-22(20-25(26)28)24-14-10-9-13-23(24)21(12-8-6-4-2)16-18-27(29)30/h9-10,13-15,17,20-21H,3-8,11-12,16,18-19H2,1-2H3,(H,29,30). The summed E-state index contributed by atoms with van der Waals surface area (Å²) in [5.41, 5.74) is 2.89. The SMILES string of the molecule is CCCCCCOc1ccc(-c2ccccc2C(CCCCC)CCC(=O)O)cc1F. The van der Waals surface area contributed by atoms with Gasteiger partial charge in [0, 0.05) is 6.42 Å². The van der Waals surface area contributed by atoms with E-state index in [9.17, 15) is 14.3 Å². The average Bonchev–Trinajstić information content (AvgIpc) is 2.77. The van der Waals surface area contributed by atoms with Gasteiger partial charge in [0.1, 0.15) is 0 Å². The fourth-order valence-corrected chi connectivity index (χ4v) is 4.01. The highest BCUT2D eigenvalue weighted by Crippen LogP contribution is 2.36. The molecule has 0 spiro atoms. The molecule has 0 radical (unpaired) electrons. The predicted molar refractivity (Wildman–Crippen MR) is 125 cm³/mol. The Kier molecular flexibility index (Phi) is 11.1. The molecule has 170 valence electrons. The third-order valence-corrected chi connectivity index (χ3v) is 5.76. The highest BCUT2D eigenvalue weighted by molar-refractivity contribution is 5.70. The normalized spacial score (nSPS) is 12.0. The van der Waals surface area contributed by atoms with Crippen molar-refractivity contribution in [2.45, 2.75) is 84.0 Å². The van der Waals surface area contributed by atoms with E-state index < -0.39 is 5.97 Å². The second-order valence-corrected chi connectivity index (χ2v) is 8.27. The molecule has 0 aromatic heterocycles. The van der Waals surface area contributed by atoms with E-state index in [0.29, 0.717) is 18.8 Å². The highest BCUT2D eigenvalue weighted by Gasteiger charge is 2.18. The molecule has 2 aromatic carbocycles. The van der Waals surface area contributed by atoms with Crippen molar-refractivity contribution in [3.05, 3.63) is 53.8 Å². The zero-order chi connectivity index (χ0) is 22.5. The molecule has 2 rings (SSSR count). The van der Waals surface area contributed by atoms with Crippen LogP contribution in [0.3, 0.4) is 0 Å².